The van der Waals surface area contributed by atoms with Crippen LogP contribution < -0.4 is 15.4 Å². The molecule has 3 aromatic carbocycles. The molecule has 158 valence electrons. The van der Waals surface area contributed by atoms with Crippen molar-refractivity contribution in [2.75, 3.05) is 10.6 Å². The Balaban J connectivity index is 1.36. The summed E-state index contributed by atoms with van der Waals surface area (Å²) in [7, 11) is 0. The monoisotopic (exact) mass is 454 g/mol. The van der Waals surface area contributed by atoms with Crippen molar-refractivity contribution < 1.29 is 18.2 Å². The number of thioether (sulfide) groups is 1. The lowest BCUT2D eigenvalue weighted by Crippen LogP contribution is -2.26. The fourth-order valence-electron chi connectivity index (χ4n) is 2.99. The first-order valence-electron chi connectivity index (χ1n) is 9.55. The predicted molar refractivity (Wildman–Crippen MR) is 123 cm³/mol. The Morgan fingerprint density at radius 1 is 1.13 bits per heavy atom. The first-order chi connectivity index (χ1) is 15.0. The van der Waals surface area contributed by atoms with Crippen molar-refractivity contribution in [3.8, 4) is 5.75 Å². The van der Waals surface area contributed by atoms with Crippen molar-refractivity contribution in [2.24, 2.45) is 0 Å². The van der Waals surface area contributed by atoms with Gasteiger partial charge in [0.25, 0.3) is 5.91 Å². The van der Waals surface area contributed by atoms with Gasteiger partial charge in [0.15, 0.2) is 0 Å². The zero-order valence-electron chi connectivity index (χ0n) is 16.6. The van der Waals surface area contributed by atoms with E-state index in [1.807, 2.05) is 25.1 Å². The van der Waals surface area contributed by atoms with Gasteiger partial charge in [-0.15, -0.1) is 11.8 Å². The Labute approximate surface area is 188 Å². The van der Waals surface area contributed by atoms with Gasteiger partial charge in [0, 0.05) is 21.0 Å². The lowest BCUT2D eigenvalue weighted by atomic mass is 10.1. The number of halogens is 1. The van der Waals surface area contributed by atoms with E-state index in [-0.39, 0.29) is 29.2 Å². The average molecular weight is 455 g/mol. The van der Waals surface area contributed by atoms with Gasteiger partial charge in [-0.25, -0.2) is 0 Å². The van der Waals surface area contributed by atoms with Crippen LogP contribution in [-0.4, -0.2) is 17.1 Å². The van der Waals surface area contributed by atoms with Crippen LogP contribution in [0.25, 0.3) is 0 Å². The van der Waals surface area contributed by atoms with E-state index in [0.717, 1.165) is 10.5 Å². The minimum atomic E-state index is -0.264. The van der Waals surface area contributed by atoms with Gasteiger partial charge in [-0.05, 0) is 67.1 Å². The molecule has 2 amide bonds. The second kappa shape index (κ2) is 9.45. The number of nitrogens with one attached hydrogen (secondary N) is 2. The summed E-state index contributed by atoms with van der Waals surface area (Å²) in [5.41, 5.74) is 2.68. The smallest absolute Gasteiger partial charge is 0.255 e. The van der Waals surface area contributed by atoms with Crippen LogP contribution in [-0.2, 0) is 11.4 Å². The molecule has 0 aliphatic carbocycles. The normalized spacial score (nSPS) is 15.0. The minimum Gasteiger partial charge on any atom is -0.489 e. The predicted octanol–water partition coefficient (Wildman–Crippen LogP) is 5.93. The molecule has 1 aliphatic rings. The summed E-state index contributed by atoms with van der Waals surface area (Å²) in [6.07, 6.45) is 0. The van der Waals surface area contributed by atoms with Crippen LogP contribution in [0.15, 0.2) is 76.5 Å². The molecule has 1 unspecified atom stereocenters. The van der Waals surface area contributed by atoms with Gasteiger partial charge in [-0.3, -0.25) is 9.59 Å². The first kappa shape index (κ1) is 21.3. The van der Waals surface area contributed by atoms with Crippen molar-refractivity contribution in [3.05, 3.63) is 77.9 Å². The fraction of sp³-hybridized carbons (Fsp3) is 0.130. The molecule has 5 nitrogen and oxygen atoms in total. The Morgan fingerprint density at radius 3 is 2.58 bits per heavy atom. The van der Waals surface area contributed by atoms with Crippen LogP contribution >= 0.6 is 23.9 Å². The molecule has 0 saturated carbocycles. The zero-order valence-corrected chi connectivity index (χ0v) is 18.2. The number of amides is 2. The quantitative estimate of drug-likeness (QED) is 0.483. The maximum Gasteiger partial charge on any atom is 0.255 e. The first-order valence-corrected chi connectivity index (χ1v) is 11.1. The molecule has 1 aliphatic heterocycles. The van der Waals surface area contributed by atoms with Crippen molar-refractivity contribution in [1.29, 1.82) is 0 Å². The summed E-state index contributed by atoms with van der Waals surface area (Å²) >= 11 is 1.68. The second-order valence-corrected chi connectivity index (χ2v) is 8.96. The highest BCUT2D eigenvalue weighted by molar-refractivity contribution is 8.01. The molecular formula is C23H19FN2O3S2. The molecule has 0 saturated heterocycles. The molecular weight excluding hydrogens is 435 g/mol. The van der Waals surface area contributed by atoms with E-state index < -0.39 is 0 Å². The number of carbonyl (C=O) groups is 2. The van der Waals surface area contributed by atoms with Crippen molar-refractivity contribution >= 4 is 47.1 Å². The molecule has 3 aromatic rings. The molecule has 0 bridgehead atoms. The maximum absolute atomic E-state index is 12.6. The molecule has 4 rings (SSSR count). The molecule has 0 radical (unpaired) electrons. The summed E-state index contributed by atoms with van der Waals surface area (Å²) in [6.45, 7) is 2.21. The van der Waals surface area contributed by atoms with Crippen LogP contribution in [0.4, 0.5) is 15.3 Å². The lowest BCUT2D eigenvalue weighted by molar-refractivity contribution is -0.115. The zero-order chi connectivity index (χ0) is 21.8. The Bertz CT molecular complexity index is 1100. The van der Waals surface area contributed by atoms with E-state index in [1.54, 1.807) is 48.5 Å². The summed E-state index contributed by atoms with van der Waals surface area (Å²) in [6, 6.07) is 19.4. The second-order valence-electron chi connectivity index (χ2n) is 6.95. The fourth-order valence-corrected chi connectivity index (χ4v) is 4.16. The Kier molecular flexibility index (Phi) is 6.48. The molecule has 2 N–H and O–H groups in total. The number of hydrogen-bond donors (Lipinski definition) is 2. The van der Waals surface area contributed by atoms with Gasteiger partial charge in [-0.2, -0.15) is 3.89 Å². The van der Waals surface area contributed by atoms with Gasteiger partial charge in [0.2, 0.25) is 5.91 Å². The van der Waals surface area contributed by atoms with Gasteiger partial charge in [-0.1, -0.05) is 12.1 Å². The van der Waals surface area contributed by atoms with Crippen molar-refractivity contribution in [3.63, 3.8) is 0 Å². The van der Waals surface area contributed by atoms with Crippen LogP contribution in [0.3, 0.4) is 0 Å². The van der Waals surface area contributed by atoms with E-state index in [1.165, 1.54) is 11.8 Å². The largest absolute Gasteiger partial charge is 0.489 e. The standard InChI is InChI=1S/C23H19FN2O3S2/c1-14-22(27)26-20-12-16(4-11-21(20)30-14)23(28)25-17-5-7-18(8-6-17)29-13-15-2-9-19(31-24)10-3-15/h2-12,14H,13H2,1H3,(H,25,28)(H,26,27). The molecule has 0 fully saturated rings. The highest BCUT2D eigenvalue weighted by Crippen LogP contribution is 2.36. The molecule has 8 heteroatoms. The van der Waals surface area contributed by atoms with Crippen LogP contribution in [0, 0.1) is 0 Å². The minimum absolute atomic E-state index is 0.0668. The summed E-state index contributed by atoms with van der Waals surface area (Å²) < 4.78 is 18.2. The molecule has 1 heterocycles. The number of anilines is 2. The van der Waals surface area contributed by atoms with Gasteiger partial charge in [0.1, 0.15) is 12.4 Å². The number of ether oxygens (including phenoxy) is 1. The topological polar surface area (TPSA) is 67.4 Å². The van der Waals surface area contributed by atoms with Crippen molar-refractivity contribution in [2.45, 2.75) is 28.6 Å². The number of rotatable bonds is 6. The summed E-state index contributed by atoms with van der Waals surface area (Å²) in [5.74, 6) is 0.327. The molecule has 1 atom stereocenters. The van der Waals surface area contributed by atoms with Crippen molar-refractivity contribution in [1.82, 2.24) is 0 Å². The van der Waals surface area contributed by atoms with E-state index in [4.69, 9.17) is 4.74 Å². The van der Waals surface area contributed by atoms with Gasteiger partial charge < -0.3 is 15.4 Å². The highest BCUT2D eigenvalue weighted by atomic mass is 32.2. The van der Waals surface area contributed by atoms with E-state index in [9.17, 15) is 13.5 Å². The summed E-state index contributed by atoms with van der Waals surface area (Å²) in [4.78, 5) is 26.0. The molecule has 0 spiro atoms. The SMILES string of the molecule is CC1Sc2ccc(C(=O)Nc3ccc(OCc4ccc(SF)cc4)cc3)cc2NC1=O. The highest BCUT2D eigenvalue weighted by Gasteiger charge is 2.23. The molecule has 31 heavy (non-hydrogen) atoms. The lowest BCUT2D eigenvalue weighted by Gasteiger charge is -2.21. The van der Waals surface area contributed by atoms with Crippen LogP contribution in [0.1, 0.15) is 22.8 Å². The third-order valence-electron chi connectivity index (χ3n) is 4.70. The third kappa shape index (κ3) is 5.21. The summed E-state index contributed by atoms with van der Waals surface area (Å²) in [5, 5.41) is 5.53. The number of fused-ring (bicyclic) bond motifs is 1. The number of carbonyl (C=O) groups excluding carboxylic acids is 2. The van der Waals surface area contributed by atoms with Crippen LogP contribution in [0.2, 0.25) is 0 Å². The Morgan fingerprint density at radius 2 is 1.87 bits per heavy atom. The van der Waals surface area contributed by atoms with Crippen LogP contribution in [0.5, 0.6) is 5.75 Å². The molecule has 0 aromatic heterocycles. The third-order valence-corrected chi connectivity index (χ3v) is 6.33. The van der Waals surface area contributed by atoms with Gasteiger partial charge in [0.05, 0.1) is 23.1 Å². The average Bonchev–Trinajstić information content (AvgIpc) is 2.79. The number of benzene rings is 3. The van der Waals surface area contributed by atoms with E-state index >= 15 is 0 Å². The number of hydrogen-bond acceptors (Lipinski definition) is 5. The maximum atomic E-state index is 12.6. The Hall–Kier alpha value is -2.97. The van der Waals surface area contributed by atoms with Gasteiger partial charge >= 0.3 is 0 Å². The van der Waals surface area contributed by atoms with E-state index in [2.05, 4.69) is 10.6 Å². The van der Waals surface area contributed by atoms with E-state index in [0.29, 0.717) is 34.2 Å².